The number of nitrogens with zero attached hydrogens (tertiary/aromatic N) is 1. The van der Waals surface area contributed by atoms with Gasteiger partial charge in [0.05, 0.1) is 18.6 Å². The van der Waals surface area contributed by atoms with Crippen LogP contribution >= 0.6 is 23.4 Å². The normalized spacial score (nSPS) is 15.1. The molecule has 29 heavy (non-hydrogen) atoms. The maximum atomic E-state index is 12.8. The molecule has 9 heteroatoms. The number of hydrogen-bond acceptors (Lipinski definition) is 6. The molecule has 0 saturated carbocycles. The van der Waals surface area contributed by atoms with Gasteiger partial charge >= 0.3 is 5.97 Å². The summed E-state index contributed by atoms with van der Waals surface area (Å²) in [4.78, 5) is 37.3. The number of carboxylic acid groups (broad SMARTS) is 1. The highest BCUT2D eigenvalue weighted by atomic mass is 35.5. The van der Waals surface area contributed by atoms with Crippen LogP contribution < -0.4 is 9.47 Å². The monoisotopic (exact) mass is 433 g/mol. The van der Waals surface area contributed by atoms with Crippen molar-refractivity contribution in [2.75, 3.05) is 13.7 Å². The molecule has 1 aliphatic heterocycles. The van der Waals surface area contributed by atoms with Gasteiger partial charge in [-0.3, -0.25) is 14.5 Å². The van der Waals surface area contributed by atoms with Crippen LogP contribution in [0.5, 0.6) is 11.5 Å². The SMILES string of the molecule is COc1cccc(/C=C2\SC(=O)N(Cc3cccc(Cl)c3)C2=O)c1OCC(=O)O. The lowest BCUT2D eigenvalue weighted by Gasteiger charge is -2.13. The number of carbonyl (C=O) groups is 3. The minimum atomic E-state index is -1.15. The zero-order chi connectivity index (χ0) is 21.0. The zero-order valence-electron chi connectivity index (χ0n) is 15.3. The molecule has 7 nitrogen and oxygen atoms in total. The first-order chi connectivity index (χ1) is 13.9. The van der Waals surface area contributed by atoms with Crippen LogP contribution in [0.3, 0.4) is 0 Å². The van der Waals surface area contributed by atoms with Crippen LogP contribution in [-0.2, 0) is 16.1 Å². The Morgan fingerprint density at radius 1 is 1.24 bits per heavy atom. The van der Waals surface area contributed by atoms with Crippen LogP contribution in [0.4, 0.5) is 4.79 Å². The number of carbonyl (C=O) groups excluding carboxylic acids is 2. The number of methoxy groups -OCH3 is 1. The Bertz CT molecular complexity index is 1010. The summed E-state index contributed by atoms with van der Waals surface area (Å²) in [5.41, 5.74) is 1.16. The maximum absolute atomic E-state index is 12.8. The van der Waals surface area contributed by atoms with Crippen molar-refractivity contribution < 1.29 is 29.0 Å². The number of ether oxygens (including phenoxy) is 2. The highest BCUT2D eigenvalue weighted by molar-refractivity contribution is 8.18. The van der Waals surface area contributed by atoms with Gasteiger partial charge in [0.1, 0.15) is 0 Å². The Morgan fingerprint density at radius 2 is 2.00 bits per heavy atom. The van der Waals surface area contributed by atoms with Crippen molar-refractivity contribution in [1.29, 1.82) is 0 Å². The zero-order valence-corrected chi connectivity index (χ0v) is 16.8. The predicted octanol–water partition coefficient (Wildman–Crippen LogP) is 4.05. The predicted molar refractivity (Wildman–Crippen MR) is 109 cm³/mol. The minimum Gasteiger partial charge on any atom is -0.493 e. The number of imide groups is 1. The number of thioether (sulfide) groups is 1. The summed E-state index contributed by atoms with van der Waals surface area (Å²) in [7, 11) is 1.42. The van der Waals surface area contributed by atoms with Gasteiger partial charge in [0.25, 0.3) is 11.1 Å². The van der Waals surface area contributed by atoms with Crippen molar-refractivity contribution in [2.45, 2.75) is 6.54 Å². The average molecular weight is 434 g/mol. The van der Waals surface area contributed by atoms with Crippen LogP contribution in [0.1, 0.15) is 11.1 Å². The molecular formula is C20H16ClNO6S. The second-order valence-corrected chi connectivity index (χ2v) is 7.39. The van der Waals surface area contributed by atoms with Crippen LogP contribution in [0.2, 0.25) is 5.02 Å². The number of hydrogen-bond donors (Lipinski definition) is 1. The Kier molecular flexibility index (Phi) is 6.46. The molecule has 0 bridgehead atoms. The molecule has 0 atom stereocenters. The fourth-order valence-corrected chi connectivity index (χ4v) is 3.73. The molecule has 150 valence electrons. The Balaban J connectivity index is 1.88. The summed E-state index contributed by atoms with van der Waals surface area (Å²) >= 11 is 6.76. The molecule has 1 N–H and O–H groups in total. The summed E-state index contributed by atoms with van der Waals surface area (Å²) < 4.78 is 10.5. The molecule has 1 heterocycles. The van der Waals surface area contributed by atoms with Crippen molar-refractivity contribution in [2.24, 2.45) is 0 Å². The second kappa shape index (κ2) is 9.02. The molecule has 1 saturated heterocycles. The molecule has 0 unspecified atom stereocenters. The van der Waals surface area contributed by atoms with Crippen LogP contribution in [0.25, 0.3) is 6.08 Å². The van der Waals surface area contributed by atoms with Crippen molar-refractivity contribution in [3.63, 3.8) is 0 Å². The standard InChI is InChI=1S/C20H16ClNO6S/c1-27-15-7-3-5-13(18(15)28-11-17(23)24)9-16-19(25)22(20(26)29-16)10-12-4-2-6-14(21)8-12/h2-9H,10-11H2,1H3,(H,23,24)/b16-9-. The molecule has 1 aliphatic rings. The molecule has 2 aromatic carbocycles. The lowest BCUT2D eigenvalue weighted by molar-refractivity contribution is -0.139. The van der Waals surface area contributed by atoms with Gasteiger partial charge in [0, 0.05) is 10.6 Å². The Morgan fingerprint density at radius 3 is 2.69 bits per heavy atom. The molecule has 2 aromatic rings. The van der Waals surface area contributed by atoms with E-state index in [1.54, 1.807) is 42.5 Å². The lowest BCUT2D eigenvalue weighted by atomic mass is 10.1. The molecular weight excluding hydrogens is 418 g/mol. The van der Waals surface area contributed by atoms with Crippen LogP contribution in [0, 0.1) is 0 Å². The highest BCUT2D eigenvalue weighted by Gasteiger charge is 2.35. The number of amides is 2. The van der Waals surface area contributed by atoms with Crippen molar-refractivity contribution in [3.05, 3.63) is 63.5 Å². The van der Waals surface area contributed by atoms with E-state index in [1.807, 2.05) is 0 Å². The first-order valence-corrected chi connectivity index (χ1v) is 9.60. The van der Waals surface area contributed by atoms with E-state index in [2.05, 4.69) is 0 Å². The smallest absolute Gasteiger partial charge is 0.341 e. The number of aliphatic carboxylic acids is 1. The van der Waals surface area contributed by atoms with E-state index >= 15 is 0 Å². The molecule has 2 amide bonds. The van der Waals surface area contributed by atoms with Gasteiger partial charge in [-0.05, 0) is 41.6 Å². The quantitative estimate of drug-likeness (QED) is 0.658. The third-order valence-corrected chi connectivity index (χ3v) is 5.10. The van der Waals surface area contributed by atoms with Crippen molar-refractivity contribution in [3.8, 4) is 11.5 Å². The van der Waals surface area contributed by atoms with E-state index in [0.717, 1.165) is 22.2 Å². The molecule has 3 rings (SSSR count). The maximum Gasteiger partial charge on any atom is 0.341 e. The number of rotatable bonds is 7. The number of para-hydroxylation sites is 1. The van der Waals surface area contributed by atoms with E-state index in [1.165, 1.54) is 13.2 Å². The Hall–Kier alpha value is -2.97. The van der Waals surface area contributed by atoms with E-state index < -0.39 is 23.7 Å². The third kappa shape index (κ3) is 4.90. The van der Waals surface area contributed by atoms with Gasteiger partial charge in [-0.25, -0.2) is 4.79 Å². The molecule has 0 aliphatic carbocycles. The fraction of sp³-hybridized carbons (Fsp3) is 0.150. The number of carboxylic acids is 1. The first-order valence-electron chi connectivity index (χ1n) is 8.40. The fourth-order valence-electron chi connectivity index (χ4n) is 2.69. The van der Waals surface area contributed by atoms with E-state index in [9.17, 15) is 14.4 Å². The summed E-state index contributed by atoms with van der Waals surface area (Å²) in [5.74, 6) is -1.10. The summed E-state index contributed by atoms with van der Waals surface area (Å²) in [6.45, 7) is -0.472. The van der Waals surface area contributed by atoms with Gasteiger partial charge in [0.2, 0.25) is 0 Å². The van der Waals surface area contributed by atoms with E-state index in [0.29, 0.717) is 16.3 Å². The second-order valence-electron chi connectivity index (χ2n) is 5.96. The molecule has 1 fully saturated rings. The van der Waals surface area contributed by atoms with Gasteiger partial charge in [-0.1, -0.05) is 35.9 Å². The Labute approximate surface area is 175 Å². The van der Waals surface area contributed by atoms with Crippen molar-refractivity contribution in [1.82, 2.24) is 4.90 Å². The van der Waals surface area contributed by atoms with E-state index in [-0.39, 0.29) is 17.2 Å². The van der Waals surface area contributed by atoms with Gasteiger partial charge in [-0.2, -0.15) is 0 Å². The van der Waals surface area contributed by atoms with Gasteiger partial charge in [0.15, 0.2) is 18.1 Å². The number of halogens is 1. The average Bonchev–Trinajstić information content (AvgIpc) is 2.94. The van der Waals surface area contributed by atoms with E-state index in [4.69, 9.17) is 26.2 Å². The van der Waals surface area contributed by atoms with Crippen LogP contribution in [0.15, 0.2) is 47.4 Å². The van der Waals surface area contributed by atoms with Gasteiger partial charge < -0.3 is 14.6 Å². The summed E-state index contributed by atoms with van der Waals surface area (Å²) in [5, 5.41) is 8.99. The molecule has 0 spiro atoms. The third-order valence-electron chi connectivity index (χ3n) is 3.96. The highest BCUT2D eigenvalue weighted by Crippen LogP contribution is 2.38. The first kappa shape index (κ1) is 20.8. The van der Waals surface area contributed by atoms with Crippen LogP contribution in [-0.4, -0.2) is 40.8 Å². The summed E-state index contributed by atoms with van der Waals surface area (Å²) in [6, 6.07) is 11.8. The van der Waals surface area contributed by atoms with Crippen molar-refractivity contribution >= 4 is 46.6 Å². The molecule has 0 radical (unpaired) electrons. The topological polar surface area (TPSA) is 93.1 Å². The lowest BCUT2D eigenvalue weighted by Crippen LogP contribution is -2.27. The number of benzene rings is 2. The minimum absolute atomic E-state index is 0.100. The molecule has 0 aromatic heterocycles. The summed E-state index contributed by atoms with van der Waals surface area (Å²) in [6.07, 6.45) is 1.49. The van der Waals surface area contributed by atoms with Gasteiger partial charge in [-0.15, -0.1) is 0 Å². The largest absolute Gasteiger partial charge is 0.493 e.